The van der Waals surface area contributed by atoms with E-state index in [4.69, 9.17) is 4.74 Å². The average molecular weight is 242 g/mol. The summed E-state index contributed by atoms with van der Waals surface area (Å²) in [5.41, 5.74) is 1.46. The Kier molecular flexibility index (Phi) is 4.04. The van der Waals surface area contributed by atoms with Crippen LogP contribution in [0.5, 0.6) is 0 Å². The van der Waals surface area contributed by atoms with Crippen LogP contribution in [0.4, 0.5) is 0 Å². The lowest BCUT2D eigenvalue weighted by atomic mass is 10.2. The molecule has 1 aromatic carbocycles. The number of hydrogen-bond donors (Lipinski definition) is 0. The lowest BCUT2D eigenvalue weighted by Crippen LogP contribution is -2.08. The van der Waals surface area contributed by atoms with Crippen molar-refractivity contribution in [2.24, 2.45) is 0 Å². The van der Waals surface area contributed by atoms with Crippen molar-refractivity contribution in [2.45, 2.75) is 12.8 Å². The highest BCUT2D eigenvalue weighted by Crippen LogP contribution is 2.13. The van der Waals surface area contributed by atoms with E-state index in [1.807, 2.05) is 30.3 Å². The summed E-state index contributed by atoms with van der Waals surface area (Å²) >= 11 is 0. The van der Waals surface area contributed by atoms with Crippen LogP contribution < -0.4 is 0 Å². The molecule has 0 aliphatic heterocycles. The number of rotatable bonds is 6. The van der Waals surface area contributed by atoms with Crippen molar-refractivity contribution >= 4 is 6.29 Å². The predicted octanol–water partition coefficient (Wildman–Crippen LogP) is 2.60. The van der Waals surface area contributed by atoms with Crippen LogP contribution in [-0.2, 0) is 11.3 Å². The van der Waals surface area contributed by atoms with Gasteiger partial charge in [-0.2, -0.15) is 0 Å². The Labute approximate surface area is 106 Å². The number of carbonyl (C=O) groups is 1. The molecule has 1 aromatic heterocycles. The fourth-order valence-corrected chi connectivity index (χ4v) is 1.58. The molecule has 0 saturated carbocycles. The molecule has 0 aliphatic rings. The van der Waals surface area contributed by atoms with E-state index in [0.717, 1.165) is 5.56 Å². The first-order chi connectivity index (χ1) is 8.83. The molecule has 0 aliphatic carbocycles. The molecule has 4 heteroatoms. The van der Waals surface area contributed by atoms with E-state index in [9.17, 15) is 4.79 Å². The first-order valence-electron chi connectivity index (χ1n) is 5.60. The van der Waals surface area contributed by atoms with Crippen LogP contribution in [0.2, 0.25) is 0 Å². The minimum atomic E-state index is -0.327. The summed E-state index contributed by atoms with van der Waals surface area (Å²) in [5, 5.41) is 0. The molecule has 2 aromatic rings. The van der Waals surface area contributed by atoms with Crippen molar-refractivity contribution in [1.82, 2.24) is 9.55 Å². The van der Waals surface area contributed by atoms with E-state index in [1.54, 1.807) is 23.2 Å². The maximum atomic E-state index is 10.6. The number of nitrogens with zero attached hydrogens (tertiary/aromatic N) is 2. The Bertz CT molecular complexity index is 520. The third-order valence-electron chi connectivity index (χ3n) is 2.50. The Morgan fingerprint density at radius 1 is 1.39 bits per heavy atom. The molecule has 1 unspecified atom stereocenters. The van der Waals surface area contributed by atoms with E-state index in [-0.39, 0.29) is 6.23 Å². The fraction of sp³-hybridized carbons (Fsp3) is 0.143. The molecule has 0 saturated heterocycles. The van der Waals surface area contributed by atoms with E-state index >= 15 is 0 Å². The van der Waals surface area contributed by atoms with Crippen molar-refractivity contribution in [3.05, 3.63) is 66.8 Å². The van der Waals surface area contributed by atoms with Gasteiger partial charge in [-0.15, -0.1) is 0 Å². The molecule has 0 radical (unpaired) electrons. The van der Waals surface area contributed by atoms with Gasteiger partial charge in [0.05, 0.1) is 12.9 Å². The number of carbonyl (C=O) groups excluding carboxylic acids is 1. The molecular formula is C14H14N2O2. The SMILES string of the molecule is C=CC(OCc1ccccc1)n1cnc(C=O)c1. The summed E-state index contributed by atoms with van der Waals surface area (Å²) in [5.74, 6) is 0. The van der Waals surface area contributed by atoms with Crippen molar-refractivity contribution in [3.8, 4) is 0 Å². The Morgan fingerprint density at radius 3 is 2.78 bits per heavy atom. The second-order valence-corrected chi connectivity index (χ2v) is 3.79. The van der Waals surface area contributed by atoms with Gasteiger partial charge in [-0.25, -0.2) is 4.98 Å². The molecule has 0 bridgehead atoms. The number of benzene rings is 1. The monoisotopic (exact) mass is 242 g/mol. The molecule has 0 amide bonds. The van der Waals surface area contributed by atoms with Crippen LogP contribution in [0, 0.1) is 0 Å². The van der Waals surface area contributed by atoms with Crippen molar-refractivity contribution in [2.75, 3.05) is 0 Å². The zero-order valence-electron chi connectivity index (χ0n) is 9.90. The van der Waals surface area contributed by atoms with E-state index in [1.165, 1.54) is 0 Å². The average Bonchev–Trinajstić information content (AvgIpc) is 2.89. The molecule has 92 valence electrons. The van der Waals surface area contributed by atoms with Crippen molar-refractivity contribution in [1.29, 1.82) is 0 Å². The number of imidazole rings is 1. The quantitative estimate of drug-likeness (QED) is 0.577. The van der Waals surface area contributed by atoms with Crippen LogP contribution in [0.25, 0.3) is 0 Å². The zero-order valence-corrected chi connectivity index (χ0v) is 9.90. The smallest absolute Gasteiger partial charge is 0.169 e. The third kappa shape index (κ3) is 2.93. The largest absolute Gasteiger partial charge is 0.350 e. The van der Waals surface area contributed by atoms with E-state index in [0.29, 0.717) is 18.6 Å². The highest BCUT2D eigenvalue weighted by Gasteiger charge is 2.08. The molecule has 1 heterocycles. The number of ether oxygens (including phenoxy) is 1. The standard InChI is InChI=1S/C14H14N2O2/c1-2-14(16-8-13(9-17)15-11-16)18-10-12-6-4-3-5-7-12/h2-9,11,14H,1,10H2. The summed E-state index contributed by atoms with van der Waals surface area (Å²) < 4.78 is 7.42. The zero-order chi connectivity index (χ0) is 12.8. The van der Waals surface area contributed by atoms with Gasteiger partial charge >= 0.3 is 0 Å². The van der Waals surface area contributed by atoms with E-state index in [2.05, 4.69) is 11.6 Å². The maximum absolute atomic E-state index is 10.6. The van der Waals surface area contributed by atoms with Gasteiger partial charge in [0.2, 0.25) is 0 Å². The Morgan fingerprint density at radius 2 is 2.17 bits per heavy atom. The van der Waals surface area contributed by atoms with Gasteiger partial charge in [0, 0.05) is 6.20 Å². The molecule has 0 fully saturated rings. The first-order valence-corrected chi connectivity index (χ1v) is 5.60. The van der Waals surface area contributed by atoms with Crippen LogP contribution >= 0.6 is 0 Å². The van der Waals surface area contributed by atoms with Gasteiger partial charge in [0.15, 0.2) is 12.5 Å². The lowest BCUT2D eigenvalue weighted by molar-refractivity contribution is 0.0252. The summed E-state index contributed by atoms with van der Waals surface area (Å²) in [4.78, 5) is 14.5. The molecular weight excluding hydrogens is 228 g/mol. The normalized spacial score (nSPS) is 12.0. The molecule has 18 heavy (non-hydrogen) atoms. The van der Waals surface area contributed by atoms with Crippen molar-refractivity contribution < 1.29 is 9.53 Å². The first kappa shape index (κ1) is 12.3. The van der Waals surface area contributed by atoms with Crippen LogP contribution in [0.3, 0.4) is 0 Å². The topological polar surface area (TPSA) is 44.1 Å². The minimum Gasteiger partial charge on any atom is -0.350 e. The van der Waals surface area contributed by atoms with Crippen molar-refractivity contribution in [3.63, 3.8) is 0 Å². The Balaban J connectivity index is 2.01. The van der Waals surface area contributed by atoms with Crippen LogP contribution in [0.1, 0.15) is 22.3 Å². The van der Waals surface area contributed by atoms with Gasteiger partial charge in [-0.3, -0.25) is 4.79 Å². The lowest BCUT2D eigenvalue weighted by Gasteiger charge is -2.15. The highest BCUT2D eigenvalue weighted by atomic mass is 16.5. The predicted molar refractivity (Wildman–Crippen MR) is 68.1 cm³/mol. The van der Waals surface area contributed by atoms with E-state index < -0.39 is 0 Å². The number of aldehydes is 1. The number of hydrogen-bond acceptors (Lipinski definition) is 3. The molecule has 1 atom stereocenters. The molecule has 0 N–H and O–H groups in total. The van der Waals surface area contributed by atoms with Crippen LogP contribution in [0.15, 0.2) is 55.5 Å². The number of aromatic nitrogens is 2. The van der Waals surface area contributed by atoms with Gasteiger partial charge in [0.25, 0.3) is 0 Å². The highest BCUT2D eigenvalue weighted by molar-refractivity contribution is 5.70. The molecule has 4 nitrogen and oxygen atoms in total. The minimum absolute atomic E-state index is 0.327. The van der Waals surface area contributed by atoms with Gasteiger partial charge in [-0.05, 0) is 11.6 Å². The molecule has 2 rings (SSSR count). The summed E-state index contributed by atoms with van der Waals surface area (Å²) in [6, 6.07) is 9.86. The summed E-state index contributed by atoms with van der Waals surface area (Å²) in [6.07, 6.45) is 5.23. The Hall–Kier alpha value is -2.20. The summed E-state index contributed by atoms with van der Waals surface area (Å²) in [6.45, 7) is 4.20. The van der Waals surface area contributed by atoms with Crippen LogP contribution in [-0.4, -0.2) is 15.8 Å². The summed E-state index contributed by atoms with van der Waals surface area (Å²) in [7, 11) is 0. The second-order valence-electron chi connectivity index (χ2n) is 3.79. The molecule has 0 spiro atoms. The maximum Gasteiger partial charge on any atom is 0.169 e. The van der Waals surface area contributed by atoms with Gasteiger partial charge in [0.1, 0.15) is 5.69 Å². The van der Waals surface area contributed by atoms with Gasteiger partial charge in [-0.1, -0.05) is 36.9 Å². The second kappa shape index (κ2) is 5.93. The third-order valence-corrected chi connectivity index (χ3v) is 2.50. The fourth-order valence-electron chi connectivity index (χ4n) is 1.58. The van der Waals surface area contributed by atoms with Gasteiger partial charge < -0.3 is 9.30 Å².